The number of ketones is 1. The van der Waals surface area contributed by atoms with Crippen LogP contribution in [0, 0.1) is 5.41 Å². The van der Waals surface area contributed by atoms with E-state index in [0.717, 1.165) is 98.2 Å². The first kappa shape index (κ1) is 26.4. The molecule has 6 rings (SSSR count). The van der Waals surface area contributed by atoms with Crippen molar-refractivity contribution >= 4 is 22.5 Å². The van der Waals surface area contributed by atoms with Crippen LogP contribution < -0.4 is 10.1 Å². The number of ether oxygens (including phenoxy) is 1. The number of nitrogens with one attached hydrogen (secondary N) is 2. The number of H-pyrrole nitrogens is 1. The Kier molecular flexibility index (Phi) is 8.12. The molecule has 0 spiro atoms. The number of methoxy groups -OCH3 is 1. The molecule has 2 bridgehead atoms. The average Bonchev–Trinajstić information content (AvgIpc) is 3.47. The number of imidazole rings is 1. The maximum absolute atomic E-state index is 13.6. The number of amides is 1. The van der Waals surface area contributed by atoms with Crippen LogP contribution >= 0.6 is 0 Å². The molecule has 1 aromatic heterocycles. The lowest BCUT2D eigenvalue weighted by Crippen LogP contribution is -2.55. The molecule has 3 fully saturated rings. The summed E-state index contributed by atoms with van der Waals surface area (Å²) in [5.74, 6) is 2.15. The number of benzene rings is 2. The highest BCUT2D eigenvalue weighted by molar-refractivity contribution is 5.88. The third-order valence-corrected chi connectivity index (χ3v) is 8.63. The van der Waals surface area contributed by atoms with E-state index in [1.807, 2.05) is 25.3 Å². The van der Waals surface area contributed by atoms with E-state index in [9.17, 15) is 9.59 Å². The van der Waals surface area contributed by atoms with E-state index in [1.54, 1.807) is 7.11 Å². The van der Waals surface area contributed by atoms with Crippen LogP contribution in [0.3, 0.4) is 0 Å². The number of fused-ring (bicyclic) bond motifs is 4. The molecule has 3 saturated heterocycles. The summed E-state index contributed by atoms with van der Waals surface area (Å²) in [5.41, 5.74) is 1.76. The molecule has 0 radical (unpaired) electrons. The van der Waals surface area contributed by atoms with E-state index in [1.165, 1.54) is 0 Å². The summed E-state index contributed by atoms with van der Waals surface area (Å²) in [7, 11) is 1.68. The van der Waals surface area contributed by atoms with Gasteiger partial charge in [0.1, 0.15) is 17.4 Å². The Bertz CT molecular complexity index is 1260. The van der Waals surface area contributed by atoms with Crippen LogP contribution in [0.4, 0.5) is 0 Å². The minimum absolute atomic E-state index is 0.169. The number of rotatable bonds is 12. The van der Waals surface area contributed by atoms with Crippen LogP contribution in [0.5, 0.6) is 5.75 Å². The molecule has 0 aliphatic carbocycles. The highest BCUT2D eigenvalue weighted by atomic mass is 16.5. The number of aromatic amines is 1. The van der Waals surface area contributed by atoms with E-state index in [0.29, 0.717) is 18.6 Å². The van der Waals surface area contributed by atoms with Crippen molar-refractivity contribution in [1.82, 2.24) is 20.2 Å². The lowest BCUT2D eigenvalue weighted by molar-refractivity contribution is -0.139. The van der Waals surface area contributed by atoms with E-state index < -0.39 is 0 Å². The highest BCUT2D eigenvalue weighted by Gasteiger charge is 2.45. The zero-order valence-electron chi connectivity index (χ0n) is 22.7. The monoisotopic (exact) mass is 516 g/mol. The Morgan fingerprint density at radius 1 is 1.05 bits per heavy atom. The molecule has 2 aromatic carbocycles. The second kappa shape index (κ2) is 11.7. The molecule has 3 aromatic rings. The number of hydrogen-bond acceptors (Lipinski definition) is 5. The number of piperidine rings is 3. The number of carbonyl (C=O) groups is 2. The number of unbranched alkanes of at least 4 members (excludes halogenated alkanes) is 2. The number of nitrogens with zero attached hydrogens (tertiary/aromatic N) is 2. The maximum Gasteiger partial charge on any atom is 0.226 e. The second-order valence-electron chi connectivity index (χ2n) is 11.0. The van der Waals surface area contributed by atoms with Crippen LogP contribution in [0.25, 0.3) is 22.0 Å². The summed E-state index contributed by atoms with van der Waals surface area (Å²) in [4.78, 5) is 36.0. The highest BCUT2D eigenvalue weighted by Crippen LogP contribution is 2.41. The molecule has 3 aliphatic rings. The molecule has 7 heteroatoms. The van der Waals surface area contributed by atoms with Gasteiger partial charge in [0, 0.05) is 18.4 Å². The molecule has 7 nitrogen and oxygen atoms in total. The number of Topliss-reactive ketones (excluding diaryl/α,β-unsaturated/α-hetero) is 1. The van der Waals surface area contributed by atoms with E-state index in [-0.39, 0.29) is 17.4 Å². The predicted octanol–water partition coefficient (Wildman–Crippen LogP) is 5.81. The fraction of sp³-hybridized carbons (Fsp3) is 0.516. The SMILES string of the molecule is CCC(=O)CCCCC[C@H](NC(=O)C12CCN(CC1)CC2)c1ncc(-c2ccc3cc(OC)ccc3c2)[nH]1. The van der Waals surface area contributed by atoms with Gasteiger partial charge in [0.25, 0.3) is 0 Å². The van der Waals surface area contributed by atoms with E-state index in [2.05, 4.69) is 39.5 Å². The average molecular weight is 517 g/mol. The van der Waals surface area contributed by atoms with Crippen LogP contribution in [0.1, 0.15) is 76.6 Å². The number of carbonyl (C=O) groups excluding carboxylic acids is 2. The molecule has 202 valence electrons. The number of aromatic nitrogens is 2. The second-order valence-corrected chi connectivity index (χ2v) is 11.0. The van der Waals surface area contributed by atoms with Gasteiger partial charge in [-0.05, 0) is 80.7 Å². The van der Waals surface area contributed by atoms with Gasteiger partial charge >= 0.3 is 0 Å². The van der Waals surface area contributed by atoms with Gasteiger partial charge in [-0.15, -0.1) is 0 Å². The van der Waals surface area contributed by atoms with Crippen LogP contribution in [-0.4, -0.2) is 53.3 Å². The summed E-state index contributed by atoms with van der Waals surface area (Å²) in [6.07, 6.45) is 9.56. The first-order valence-corrected chi connectivity index (χ1v) is 14.2. The van der Waals surface area contributed by atoms with Crippen molar-refractivity contribution in [2.75, 3.05) is 26.7 Å². The van der Waals surface area contributed by atoms with Crippen molar-refractivity contribution in [3.8, 4) is 17.0 Å². The third kappa shape index (κ3) is 5.78. The molecular weight excluding hydrogens is 476 g/mol. The number of hydrogen-bond donors (Lipinski definition) is 2. The molecule has 0 unspecified atom stereocenters. The smallest absolute Gasteiger partial charge is 0.226 e. The van der Waals surface area contributed by atoms with E-state index >= 15 is 0 Å². The first-order chi connectivity index (χ1) is 18.5. The summed E-state index contributed by atoms with van der Waals surface area (Å²) in [6, 6.07) is 12.2. The van der Waals surface area contributed by atoms with Crippen molar-refractivity contribution in [3.63, 3.8) is 0 Å². The van der Waals surface area contributed by atoms with Gasteiger partial charge in [-0.25, -0.2) is 4.98 Å². The Morgan fingerprint density at radius 3 is 2.53 bits per heavy atom. The Labute approximate surface area is 225 Å². The van der Waals surface area contributed by atoms with Crippen molar-refractivity contribution in [3.05, 3.63) is 48.4 Å². The summed E-state index contributed by atoms with van der Waals surface area (Å²) in [6.45, 7) is 4.97. The predicted molar refractivity (Wildman–Crippen MR) is 150 cm³/mol. The minimum atomic E-state index is -0.241. The Hall–Kier alpha value is -3.19. The summed E-state index contributed by atoms with van der Waals surface area (Å²) >= 11 is 0. The summed E-state index contributed by atoms with van der Waals surface area (Å²) < 4.78 is 5.36. The lowest BCUT2D eigenvalue weighted by atomic mass is 9.71. The minimum Gasteiger partial charge on any atom is -0.497 e. The largest absolute Gasteiger partial charge is 0.497 e. The van der Waals surface area contributed by atoms with Gasteiger partial charge in [0.2, 0.25) is 5.91 Å². The topological polar surface area (TPSA) is 87.3 Å². The van der Waals surface area contributed by atoms with Gasteiger partial charge in [0.05, 0.1) is 30.5 Å². The zero-order chi connectivity index (χ0) is 26.5. The first-order valence-electron chi connectivity index (χ1n) is 14.2. The maximum atomic E-state index is 13.6. The lowest BCUT2D eigenvalue weighted by Gasteiger charge is -2.47. The molecule has 4 heterocycles. The standard InChI is InChI=1S/C31H40N4O3/c1-3-25(36)7-5-4-6-8-27(34-30(37)31-13-16-35(17-14-31)18-15-31)29-32-21-28(33-29)24-10-9-23-20-26(38-2)12-11-22(23)19-24/h9-12,19-21,27H,3-8,13-18H2,1-2H3,(H,32,33)(H,34,37)/t27-/m0/s1. The van der Waals surface area contributed by atoms with Crippen molar-refractivity contribution in [1.29, 1.82) is 0 Å². The fourth-order valence-corrected chi connectivity index (χ4v) is 5.96. The van der Waals surface area contributed by atoms with Gasteiger partial charge < -0.3 is 19.9 Å². The molecule has 1 atom stereocenters. The molecule has 38 heavy (non-hydrogen) atoms. The fourth-order valence-electron chi connectivity index (χ4n) is 5.96. The molecule has 3 aliphatic heterocycles. The van der Waals surface area contributed by atoms with Gasteiger partial charge in [-0.2, -0.15) is 0 Å². The van der Waals surface area contributed by atoms with Crippen molar-refractivity contribution < 1.29 is 14.3 Å². The van der Waals surface area contributed by atoms with Crippen LogP contribution in [0.2, 0.25) is 0 Å². The van der Waals surface area contributed by atoms with Gasteiger partial charge in [0.15, 0.2) is 0 Å². The third-order valence-electron chi connectivity index (χ3n) is 8.63. The summed E-state index contributed by atoms with van der Waals surface area (Å²) in [5, 5.41) is 5.66. The molecule has 0 saturated carbocycles. The quantitative estimate of drug-likeness (QED) is 0.297. The Morgan fingerprint density at radius 2 is 1.79 bits per heavy atom. The van der Waals surface area contributed by atoms with Gasteiger partial charge in [-0.3, -0.25) is 9.59 Å². The van der Waals surface area contributed by atoms with E-state index in [4.69, 9.17) is 9.72 Å². The van der Waals surface area contributed by atoms with Crippen molar-refractivity contribution in [2.45, 2.75) is 70.8 Å². The Balaban J connectivity index is 1.32. The zero-order valence-corrected chi connectivity index (χ0v) is 22.7. The molecular formula is C31H40N4O3. The van der Waals surface area contributed by atoms with Crippen molar-refractivity contribution in [2.24, 2.45) is 5.41 Å². The molecule has 2 N–H and O–H groups in total. The van der Waals surface area contributed by atoms with Crippen LogP contribution in [0.15, 0.2) is 42.6 Å². The normalized spacial score (nSPS) is 21.4. The van der Waals surface area contributed by atoms with Gasteiger partial charge in [-0.1, -0.05) is 38.0 Å². The van der Waals surface area contributed by atoms with Crippen LogP contribution in [-0.2, 0) is 9.59 Å². The molecule has 1 amide bonds.